The second kappa shape index (κ2) is 9.22. The Bertz CT molecular complexity index is 1020. The Morgan fingerprint density at radius 1 is 1.14 bits per heavy atom. The van der Waals surface area contributed by atoms with Crippen LogP contribution < -0.4 is 9.47 Å². The predicted molar refractivity (Wildman–Crippen MR) is 119 cm³/mol. The van der Waals surface area contributed by atoms with Gasteiger partial charge in [-0.1, -0.05) is 24.3 Å². The molecule has 2 aromatic carbocycles. The van der Waals surface area contributed by atoms with Crippen molar-refractivity contribution in [3.63, 3.8) is 0 Å². The van der Waals surface area contributed by atoms with Crippen LogP contribution in [-0.4, -0.2) is 12.9 Å². The zero-order chi connectivity index (χ0) is 20.1. The average Bonchev–Trinajstić information content (AvgIpc) is 3.13. The van der Waals surface area contributed by atoms with Gasteiger partial charge in [0.2, 0.25) is 0 Å². The Hall–Kier alpha value is -2.37. The van der Waals surface area contributed by atoms with Crippen molar-refractivity contribution in [2.75, 3.05) is 7.11 Å². The van der Waals surface area contributed by atoms with Crippen LogP contribution in [0.15, 0.2) is 58.4 Å². The zero-order valence-corrected chi connectivity index (χ0v) is 18.4. The summed E-state index contributed by atoms with van der Waals surface area (Å²) in [7, 11) is 1.64. The third kappa shape index (κ3) is 4.91. The minimum atomic E-state index is -0.0142. The molecule has 144 valence electrons. The molecule has 0 amide bonds. The van der Waals surface area contributed by atoms with E-state index in [2.05, 4.69) is 35.8 Å². The molecule has 0 aliphatic heterocycles. The Labute approximate surface area is 177 Å². The molecule has 0 N–H and O–H groups in total. The molecule has 0 aliphatic rings. The number of carbonyl (C=O) groups excluding carboxylic acids is 1. The molecule has 1 heterocycles. The molecule has 0 spiro atoms. The first kappa shape index (κ1) is 20.4. The molecule has 0 radical (unpaired) electrons. The van der Waals surface area contributed by atoms with E-state index in [-0.39, 0.29) is 5.78 Å². The Morgan fingerprint density at radius 2 is 1.96 bits per heavy atom. The summed E-state index contributed by atoms with van der Waals surface area (Å²) < 4.78 is 12.4. The largest absolute Gasteiger partial charge is 0.496 e. The van der Waals surface area contributed by atoms with Crippen molar-refractivity contribution < 1.29 is 14.3 Å². The fraction of sp³-hybridized carbons (Fsp3) is 0.174. The molecule has 3 aromatic rings. The molecular formula is C23H21BrO3S. The van der Waals surface area contributed by atoms with E-state index >= 15 is 0 Å². The van der Waals surface area contributed by atoms with Crippen LogP contribution >= 0.6 is 27.3 Å². The fourth-order valence-electron chi connectivity index (χ4n) is 2.75. The predicted octanol–water partition coefficient (Wildman–Crippen LogP) is 6.61. The van der Waals surface area contributed by atoms with E-state index in [4.69, 9.17) is 9.47 Å². The molecule has 0 saturated heterocycles. The summed E-state index contributed by atoms with van der Waals surface area (Å²) in [4.78, 5) is 13.0. The van der Waals surface area contributed by atoms with Crippen LogP contribution in [0.5, 0.6) is 11.5 Å². The van der Waals surface area contributed by atoms with E-state index < -0.39 is 0 Å². The summed E-state index contributed by atoms with van der Waals surface area (Å²) in [6, 6.07) is 13.7. The van der Waals surface area contributed by atoms with E-state index in [0.717, 1.165) is 32.7 Å². The third-order valence-electron chi connectivity index (χ3n) is 4.48. The Balaban J connectivity index is 1.77. The van der Waals surface area contributed by atoms with Gasteiger partial charge in [0.05, 0.1) is 12.0 Å². The topological polar surface area (TPSA) is 35.5 Å². The number of allylic oxidation sites excluding steroid dienone is 1. The molecule has 0 saturated carbocycles. The number of ketones is 1. The van der Waals surface area contributed by atoms with E-state index in [1.165, 1.54) is 16.9 Å². The molecular weight excluding hydrogens is 436 g/mol. The summed E-state index contributed by atoms with van der Waals surface area (Å²) in [5.41, 5.74) is 4.17. The average molecular weight is 457 g/mol. The summed E-state index contributed by atoms with van der Waals surface area (Å²) in [5.74, 6) is 1.61. The number of hydrogen-bond acceptors (Lipinski definition) is 4. The molecule has 5 heteroatoms. The maximum Gasteiger partial charge on any atom is 0.195 e. The highest BCUT2D eigenvalue weighted by atomic mass is 79.9. The minimum Gasteiger partial charge on any atom is -0.496 e. The second-order valence-corrected chi connectivity index (χ2v) is 8.21. The van der Waals surface area contributed by atoms with Crippen molar-refractivity contribution in [2.24, 2.45) is 0 Å². The summed E-state index contributed by atoms with van der Waals surface area (Å²) in [5, 5.41) is 1.90. The van der Waals surface area contributed by atoms with E-state index in [0.29, 0.717) is 11.5 Å². The molecule has 28 heavy (non-hydrogen) atoms. The molecule has 1 aromatic heterocycles. The first-order chi connectivity index (χ1) is 13.5. The van der Waals surface area contributed by atoms with Crippen LogP contribution in [0.3, 0.4) is 0 Å². The van der Waals surface area contributed by atoms with Crippen molar-refractivity contribution in [2.45, 2.75) is 20.5 Å². The number of benzene rings is 2. The highest BCUT2D eigenvalue weighted by molar-refractivity contribution is 9.10. The van der Waals surface area contributed by atoms with Crippen LogP contribution in [-0.2, 0) is 6.61 Å². The maximum absolute atomic E-state index is 12.3. The fourth-order valence-corrected chi connectivity index (χ4v) is 4.09. The normalized spacial score (nSPS) is 11.0. The van der Waals surface area contributed by atoms with Crippen molar-refractivity contribution in [1.82, 2.24) is 0 Å². The molecule has 0 aliphatic carbocycles. The molecule has 0 fully saturated rings. The molecule has 3 nitrogen and oxygen atoms in total. The van der Waals surface area contributed by atoms with E-state index in [1.54, 1.807) is 13.2 Å². The Morgan fingerprint density at radius 3 is 2.68 bits per heavy atom. The number of ether oxygens (including phenoxy) is 2. The third-order valence-corrected chi connectivity index (χ3v) is 6.19. The standard InChI is InChI=1S/C23H21BrO3S/c1-15-5-4-6-21(16(15)2)27-13-18-11-17(8-10-22(18)26-3)7-9-20(25)23-12-19(24)14-28-23/h4-12,14H,13H2,1-3H3/b9-7+. The molecule has 0 bridgehead atoms. The number of methoxy groups -OCH3 is 1. The van der Waals surface area contributed by atoms with Gasteiger partial charge in [0.15, 0.2) is 5.78 Å². The molecule has 0 unspecified atom stereocenters. The zero-order valence-electron chi connectivity index (χ0n) is 16.0. The summed E-state index contributed by atoms with van der Waals surface area (Å²) in [6.45, 7) is 4.51. The first-order valence-corrected chi connectivity index (χ1v) is 10.5. The lowest BCUT2D eigenvalue weighted by atomic mass is 10.1. The maximum atomic E-state index is 12.3. The number of carbonyl (C=O) groups is 1. The number of halogens is 1. The van der Waals surface area contributed by atoms with Crippen molar-refractivity contribution in [3.8, 4) is 11.5 Å². The van der Waals surface area contributed by atoms with Gasteiger partial charge in [-0.25, -0.2) is 0 Å². The van der Waals surface area contributed by atoms with Gasteiger partial charge in [-0.2, -0.15) is 0 Å². The number of thiophene rings is 1. The smallest absolute Gasteiger partial charge is 0.195 e. The van der Waals surface area contributed by atoms with E-state index in [1.807, 2.05) is 47.9 Å². The van der Waals surface area contributed by atoms with E-state index in [9.17, 15) is 4.79 Å². The van der Waals surface area contributed by atoms with Crippen molar-refractivity contribution in [3.05, 3.63) is 85.5 Å². The van der Waals surface area contributed by atoms with Crippen LogP contribution in [0, 0.1) is 13.8 Å². The van der Waals surface area contributed by atoms with Gasteiger partial charge < -0.3 is 9.47 Å². The summed E-state index contributed by atoms with van der Waals surface area (Å²) in [6.07, 6.45) is 3.41. The number of hydrogen-bond donors (Lipinski definition) is 0. The number of rotatable bonds is 7. The van der Waals surface area contributed by atoms with Gasteiger partial charge >= 0.3 is 0 Å². The SMILES string of the molecule is COc1ccc(/C=C/C(=O)c2cc(Br)cs2)cc1COc1cccc(C)c1C. The lowest BCUT2D eigenvalue weighted by Gasteiger charge is -2.13. The van der Waals surface area contributed by atoms with Crippen molar-refractivity contribution >= 4 is 39.1 Å². The first-order valence-electron chi connectivity index (χ1n) is 8.80. The summed E-state index contributed by atoms with van der Waals surface area (Å²) >= 11 is 4.80. The lowest BCUT2D eigenvalue weighted by molar-refractivity contribution is 0.105. The van der Waals surface area contributed by atoms with Gasteiger partial charge in [-0.05, 0) is 76.8 Å². The molecule has 0 atom stereocenters. The number of aryl methyl sites for hydroxylation is 1. The quantitative estimate of drug-likeness (QED) is 0.296. The van der Waals surface area contributed by atoms with Crippen molar-refractivity contribution in [1.29, 1.82) is 0 Å². The van der Waals surface area contributed by atoms with Gasteiger partial charge in [0.1, 0.15) is 18.1 Å². The molecule has 3 rings (SSSR count). The Kier molecular flexibility index (Phi) is 6.70. The van der Waals surface area contributed by atoms with Gasteiger partial charge in [0.25, 0.3) is 0 Å². The highest BCUT2D eigenvalue weighted by Crippen LogP contribution is 2.26. The van der Waals surface area contributed by atoms with Crippen LogP contribution in [0.2, 0.25) is 0 Å². The van der Waals surface area contributed by atoms with Gasteiger partial charge in [-0.3, -0.25) is 4.79 Å². The van der Waals surface area contributed by atoms with Crippen LogP contribution in [0.25, 0.3) is 6.08 Å². The second-order valence-electron chi connectivity index (χ2n) is 6.38. The lowest BCUT2D eigenvalue weighted by Crippen LogP contribution is -2.01. The van der Waals surface area contributed by atoms with Crippen LogP contribution in [0.4, 0.5) is 0 Å². The minimum absolute atomic E-state index is 0.0142. The highest BCUT2D eigenvalue weighted by Gasteiger charge is 2.08. The van der Waals surface area contributed by atoms with Gasteiger partial charge in [0, 0.05) is 15.4 Å². The monoisotopic (exact) mass is 456 g/mol. The van der Waals surface area contributed by atoms with Gasteiger partial charge in [-0.15, -0.1) is 11.3 Å². The van der Waals surface area contributed by atoms with Crippen LogP contribution in [0.1, 0.15) is 31.9 Å².